The van der Waals surface area contributed by atoms with Gasteiger partial charge in [-0.25, -0.2) is 0 Å². The van der Waals surface area contributed by atoms with Crippen molar-refractivity contribution in [2.24, 2.45) is 0 Å². The number of hydrogen-bond acceptors (Lipinski definition) is 3. The Balaban J connectivity index is 2.05. The topological polar surface area (TPSA) is 36.4 Å². The van der Waals surface area contributed by atoms with Gasteiger partial charge in [-0.15, -0.1) is 0 Å². The fraction of sp³-hybridized carbons (Fsp3) is 0.357. The first-order valence-corrected chi connectivity index (χ1v) is 7.00. The maximum Gasteiger partial charge on any atom is 0.0734 e. The van der Waals surface area contributed by atoms with E-state index in [0.29, 0.717) is 0 Å². The molecule has 1 aromatic carbocycles. The van der Waals surface area contributed by atoms with Gasteiger partial charge in [0.05, 0.1) is 11.6 Å². The van der Waals surface area contributed by atoms with Gasteiger partial charge in [0.2, 0.25) is 0 Å². The van der Waals surface area contributed by atoms with Gasteiger partial charge in [0.15, 0.2) is 0 Å². The highest BCUT2D eigenvalue weighted by Crippen LogP contribution is 2.29. The van der Waals surface area contributed by atoms with Crippen molar-refractivity contribution in [1.82, 2.24) is 4.98 Å². The van der Waals surface area contributed by atoms with Crippen LogP contribution in [0.1, 0.15) is 12.8 Å². The van der Waals surface area contributed by atoms with Gasteiger partial charge >= 0.3 is 0 Å². The predicted octanol–water partition coefficient (Wildman–Crippen LogP) is 2.96. The zero-order valence-corrected chi connectivity index (χ0v) is 11.6. The van der Waals surface area contributed by atoms with Crippen LogP contribution in [0.5, 0.6) is 0 Å². The van der Waals surface area contributed by atoms with Crippen molar-refractivity contribution < 1.29 is 5.11 Å². The molecule has 1 unspecified atom stereocenters. The Hall–Kier alpha value is -1.13. The summed E-state index contributed by atoms with van der Waals surface area (Å²) in [6, 6.07) is 8.18. The summed E-state index contributed by atoms with van der Waals surface area (Å²) in [6.45, 7) is 1.72. The molecular weight excluding hydrogens is 292 g/mol. The van der Waals surface area contributed by atoms with Gasteiger partial charge in [-0.1, -0.05) is 15.9 Å². The average Bonchev–Trinajstić information content (AvgIpc) is 2.37. The number of β-amino-alcohol motifs (C(OH)–C–C–N with tert-alkyl or cyclic N) is 1. The molecule has 4 heteroatoms. The number of aliphatic hydroxyl groups excluding tert-OH is 1. The Kier molecular flexibility index (Phi) is 3.22. The van der Waals surface area contributed by atoms with E-state index in [0.717, 1.165) is 41.3 Å². The highest BCUT2D eigenvalue weighted by Gasteiger charge is 2.19. The van der Waals surface area contributed by atoms with Crippen molar-refractivity contribution in [1.29, 1.82) is 0 Å². The Morgan fingerprint density at radius 3 is 3.06 bits per heavy atom. The number of aliphatic hydroxyl groups is 1. The zero-order chi connectivity index (χ0) is 12.5. The molecule has 1 N–H and O–H groups in total. The normalized spacial score (nSPS) is 20.3. The smallest absolute Gasteiger partial charge is 0.0734 e. The van der Waals surface area contributed by atoms with E-state index in [1.165, 1.54) is 5.69 Å². The minimum Gasteiger partial charge on any atom is -0.391 e. The molecule has 0 spiro atoms. The maximum absolute atomic E-state index is 9.79. The van der Waals surface area contributed by atoms with Gasteiger partial charge in [0.25, 0.3) is 0 Å². The highest BCUT2D eigenvalue weighted by atomic mass is 79.9. The lowest BCUT2D eigenvalue weighted by Crippen LogP contribution is -2.38. The molecule has 18 heavy (non-hydrogen) atoms. The van der Waals surface area contributed by atoms with Crippen LogP contribution in [0.15, 0.2) is 34.9 Å². The quantitative estimate of drug-likeness (QED) is 0.880. The first-order chi connectivity index (χ1) is 8.74. The molecule has 2 heterocycles. The number of rotatable bonds is 1. The molecule has 0 radical (unpaired) electrons. The Morgan fingerprint density at radius 2 is 2.22 bits per heavy atom. The largest absolute Gasteiger partial charge is 0.391 e. The Labute approximate surface area is 115 Å². The van der Waals surface area contributed by atoms with Crippen molar-refractivity contribution in [3.05, 3.63) is 34.9 Å². The van der Waals surface area contributed by atoms with Crippen molar-refractivity contribution in [2.75, 3.05) is 18.0 Å². The van der Waals surface area contributed by atoms with Crippen LogP contribution < -0.4 is 4.90 Å². The van der Waals surface area contributed by atoms with Gasteiger partial charge in [0, 0.05) is 34.8 Å². The summed E-state index contributed by atoms with van der Waals surface area (Å²) in [7, 11) is 0. The maximum atomic E-state index is 9.79. The molecule has 2 aromatic rings. The Bertz CT molecular complexity index is 573. The number of aromatic nitrogens is 1. The van der Waals surface area contributed by atoms with Crippen molar-refractivity contribution in [2.45, 2.75) is 18.9 Å². The lowest BCUT2D eigenvalue weighted by molar-refractivity contribution is 0.154. The number of fused-ring (bicyclic) bond motifs is 1. The van der Waals surface area contributed by atoms with Crippen LogP contribution in [0.3, 0.4) is 0 Å². The summed E-state index contributed by atoms with van der Waals surface area (Å²) in [6.07, 6.45) is 3.58. The number of benzene rings is 1. The number of hydrogen-bond donors (Lipinski definition) is 1. The molecule has 0 saturated carbocycles. The predicted molar refractivity (Wildman–Crippen MR) is 76.9 cm³/mol. The van der Waals surface area contributed by atoms with Crippen LogP contribution in [-0.2, 0) is 0 Å². The molecule has 1 aliphatic rings. The molecule has 3 rings (SSSR count). The van der Waals surface area contributed by atoms with Gasteiger partial charge < -0.3 is 10.0 Å². The summed E-state index contributed by atoms with van der Waals surface area (Å²) in [5, 5.41) is 10.9. The first kappa shape index (κ1) is 11.9. The fourth-order valence-electron chi connectivity index (χ4n) is 2.56. The second kappa shape index (κ2) is 4.86. The number of anilines is 1. The van der Waals surface area contributed by atoms with Crippen LogP contribution in [0.25, 0.3) is 10.9 Å². The zero-order valence-electron chi connectivity index (χ0n) is 10.0. The molecule has 0 amide bonds. The summed E-state index contributed by atoms with van der Waals surface area (Å²) in [5.41, 5.74) is 2.16. The third kappa shape index (κ3) is 2.22. The Morgan fingerprint density at radius 1 is 1.33 bits per heavy atom. The van der Waals surface area contributed by atoms with Crippen LogP contribution in [-0.4, -0.2) is 29.3 Å². The SMILES string of the molecule is OC1CCCN(c2ccnc3cc(Br)ccc23)C1. The molecule has 94 valence electrons. The number of piperidine rings is 1. The van der Waals surface area contributed by atoms with Crippen LogP contribution in [0, 0.1) is 0 Å². The van der Waals surface area contributed by atoms with Gasteiger partial charge in [-0.05, 0) is 37.1 Å². The monoisotopic (exact) mass is 306 g/mol. The minimum absolute atomic E-state index is 0.211. The first-order valence-electron chi connectivity index (χ1n) is 6.21. The lowest BCUT2D eigenvalue weighted by atomic mass is 10.1. The van der Waals surface area contributed by atoms with Crippen LogP contribution >= 0.6 is 15.9 Å². The van der Waals surface area contributed by atoms with Crippen molar-refractivity contribution >= 4 is 32.5 Å². The van der Waals surface area contributed by atoms with Gasteiger partial charge in [0.1, 0.15) is 0 Å². The number of halogens is 1. The summed E-state index contributed by atoms with van der Waals surface area (Å²) < 4.78 is 1.04. The molecule has 1 fully saturated rings. The second-order valence-electron chi connectivity index (χ2n) is 4.73. The summed E-state index contributed by atoms with van der Waals surface area (Å²) >= 11 is 3.47. The molecule has 1 atom stereocenters. The van der Waals surface area contributed by atoms with E-state index in [2.05, 4.69) is 31.9 Å². The number of nitrogens with zero attached hydrogens (tertiary/aromatic N) is 2. The highest BCUT2D eigenvalue weighted by molar-refractivity contribution is 9.10. The molecule has 1 saturated heterocycles. The molecule has 0 aliphatic carbocycles. The molecular formula is C14H15BrN2O. The van der Waals surface area contributed by atoms with Crippen LogP contribution in [0.4, 0.5) is 5.69 Å². The van der Waals surface area contributed by atoms with E-state index in [1.807, 2.05) is 24.4 Å². The van der Waals surface area contributed by atoms with Crippen molar-refractivity contribution in [3.63, 3.8) is 0 Å². The summed E-state index contributed by atoms with van der Waals surface area (Å²) in [5.74, 6) is 0. The van der Waals surface area contributed by atoms with Gasteiger partial charge in [-0.2, -0.15) is 0 Å². The third-order valence-electron chi connectivity index (χ3n) is 3.42. The van der Waals surface area contributed by atoms with Crippen molar-refractivity contribution in [3.8, 4) is 0 Å². The molecule has 1 aromatic heterocycles. The minimum atomic E-state index is -0.211. The van der Waals surface area contributed by atoms with Gasteiger partial charge in [-0.3, -0.25) is 4.98 Å². The van der Waals surface area contributed by atoms with E-state index >= 15 is 0 Å². The van der Waals surface area contributed by atoms with E-state index < -0.39 is 0 Å². The van der Waals surface area contributed by atoms with E-state index in [4.69, 9.17) is 0 Å². The van der Waals surface area contributed by atoms with Crippen LogP contribution in [0.2, 0.25) is 0 Å². The third-order valence-corrected chi connectivity index (χ3v) is 3.91. The fourth-order valence-corrected chi connectivity index (χ4v) is 2.90. The lowest BCUT2D eigenvalue weighted by Gasteiger charge is -2.32. The van der Waals surface area contributed by atoms with E-state index in [1.54, 1.807) is 0 Å². The number of pyridine rings is 1. The molecule has 3 nitrogen and oxygen atoms in total. The standard InChI is InChI=1S/C14H15BrN2O/c15-10-3-4-12-13(8-10)16-6-5-14(12)17-7-1-2-11(18)9-17/h3-6,8,11,18H,1-2,7,9H2. The van der Waals surface area contributed by atoms with E-state index in [-0.39, 0.29) is 6.10 Å². The summed E-state index contributed by atoms with van der Waals surface area (Å²) in [4.78, 5) is 6.65. The van der Waals surface area contributed by atoms with E-state index in [9.17, 15) is 5.11 Å². The molecule has 0 bridgehead atoms. The molecule has 1 aliphatic heterocycles. The average molecular weight is 307 g/mol. The second-order valence-corrected chi connectivity index (χ2v) is 5.65.